The van der Waals surface area contributed by atoms with Gasteiger partial charge in [0, 0.05) is 6.42 Å². The average Bonchev–Trinajstić information content (AvgIpc) is 2.31. The summed E-state index contributed by atoms with van der Waals surface area (Å²) in [6, 6.07) is 6.79. The van der Waals surface area contributed by atoms with Gasteiger partial charge in [0.15, 0.2) is 6.29 Å². The minimum atomic E-state index is -0.906. The van der Waals surface area contributed by atoms with Crippen molar-refractivity contribution in [3.05, 3.63) is 35.4 Å². The Kier molecular flexibility index (Phi) is 3.54. The summed E-state index contributed by atoms with van der Waals surface area (Å²) in [5.74, 6) is -0.906. The molecule has 1 aromatic rings. The standard InChI is InChI=1S/C12H14O4/c13-12(14)10-4-2-9(3-5-10)8-11-15-6-1-7-16-11/h2-5,11H,1,6-8H2,(H,13,14). The Morgan fingerprint density at radius 2 is 1.88 bits per heavy atom. The second-order valence-corrected chi connectivity index (χ2v) is 3.73. The lowest BCUT2D eigenvalue weighted by Gasteiger charge is -2.23. The van der Waals surface area contributed by atoms with Gasteiger partial charge in [0.25, 0.3) is 0 Å². The van der Waals surface area contributed by atoms with Crippen LogP contribution < -0.4 is 0 Å². The Hall–Kier alpha value is -1.39. The van der Waals surface area contributed by atoms with E-state index in [0.29, 0.717) is 12.0 Å². The minimum absolute atomic E-state index is 0.190. The third kappa shape index (κ3) is 2.81. The van der Waals surface area contributed by atoms with E-state index in [9.17, 15) is 4.79 Å². The van der Waals surface area contributed by atoms with Crippen LogP contribution in [0.2, 0.25) is 0 Å². The van der Waals surface area contributed by atoms with Crippen LogP contribution in [-0.2, 0) is 15.9 Å². The van der Waals surface area contributed by atoms with Gasteiger partial charge in [-0.1, -0.05) is 12.1 Å². The molecule has 0 spiro atoms. The molecule has 1 aliphatic rings. The highest BCUT2D eigenvalue weighted by molar-refractivity contribution is 5.87. The van der Waals surface area contributed by atoms with E-state index in [2.05, 4.69) is 0 Å². The highest BCUT2D eigenvalue weighted by atomic mass is 16.7. The Bertz CT molecular complexity index is 352. The van der Waals surface area contributed by atoms with Crippen molar-refractivity contribution in [3.63, 3.8) is 0 Å². The van der Waals surface area contributed by atoms with Crippen molar-refractivity contribution in [2.24, 2.45) is 0 Å². The first-order valence-electron chi connectivity index (χ1n) is 5.31. The van der Waals surface area contributed by atoms with E-state index >= 15 is 0 Å². The molecule has 1 saturated heterocycles. The van der Waals surface area contributed by atoms with Gasteiger partial charge in [-0.05, 0) is 24.1 Å². The summed E-state index contributed by atoms with van der Waals surface area (Å²) in [4.78, 5) is 10.7. The van der Waals surface area contributed by atoms with Crippen LogP contribution in [0.3, 0.4) is 0 Å². The van der Waals surface area contributed by atoms with Crippen molar-refractivity contribution in [3.8, 4) is 0 Å². The molecule has 0 atom stereocenters. The number of carboxylic acids is 1. The summed E-state index contributed by atoms with van der Waals surface area (Å²) in [5, 5.41) is 8.75. The van der Waals surface area contributed by atoms with Crippen LogP contribution in [0.1, 0.15) is 22.3 Å². The van der Waals surface area contributed by atoms with Crippen molar-refractivity contribution in [1.29, 1.82) is 0 Å². The Balaban J connectivity index is 1.96. The van der Waals surface area contributed by atoms with Crippen molar-refractivity contribution in [1.82, 2.24) is 0 Å². The van der Waals surface area contributed by atoms with Crippen LogP contribution in [0.4, 0.5) is 0 Å². The van der Waals surface area contributed by atoms with Gasteiger partial charge in [0.2, 0.25) is 0 Å². The first-order valence-corrected chi connectivity index (χ1v) is 5.31. The van der Waals surface area contributed by atoms with Crippen LogP contribution in [0.25, 0.3) is 0 Å². The summed E-state index contributed by atoms with van der Waals surface area (Å²) in [6.45, 7) is 1.47. The topological polar surface area (TPSA) is 55.8 Å². The predicted molar refractivity (Wildman–Crippen MR) is 57.4 cm³/mol. The van der Waals surface area contributed by atoms with E-state index in [1.54, 1.807) is 24.3 Å². The van der Waals surface area contributed by atoms with E-state index in [1.807, 2.05) is 0 Å². The van der Waals surface area contributed by atoms with E-state index in [1.165, 1.54) is 0 Å². The van der Waals surface area contributed by atoms with E-state index in [-0.39, 0.29) is 6.29 Å². The quantitative estimate of drug-likeness (QED) is 0.845. The molecule has 16 heavy (non-hydrogen) atoms. The second-order valence-electron chi connectivity index (χ2n) is 3.73. The molecule has 1 aliphatic heterocycles. The summed E-state index contributed by atoms with van der Waals surface area (Å²) in [6.07, 6.45) is 1.42. The summed E-state index contributed by atoms with van der Waals surface area (Å²) in [5.41, 5.74) is 1.33. The lowest BCUT2D eigenvalue weighted by Crippen LogP contribution is -2.26. The van der Waals surface area contributed by atoms with Crippen molar-refractivity contribution in [2.45, 2.75) is 19.1 Å². The van der Waals surface area contributed by atoms with Gasteiger partial charge in [0.1, 0.15) is 0 Å². The minimum Gasteiger partial charge on any atom is -0.478 e. The smallest absolute Gasteiger partial charge is 0.335 e. The van der Waals surface area contributed by atoms with E-state index in [4.69, 9.17) is 14.6 Å². The number of rotatable bonds is 3. The first-order chi connectivity index (χ1) is 7.75. The average molecular weight is 222 g/mol. The van der Waals surface area contributed by atoms with Crippen molar-refractivity contribution < 1.29 is 19.4 Å². The molecule has 1 N–H and O–H groups in total. The number of carboxylic acid groups (broad SMARTS) is 1. The maximum Gasteiger partial charge on any atom is 0.335 e. The van der Waals surface area contributed by atoms with Crippen molar-refractivity contribution in [2.75, 3.05) is 13.2 Å². The number of ether oxygens (including phenoxy) is 2. The normalized spacial score (nSPS) is 17.2. The number of carbonyl (C=O) groups is 1. The molecule has 1 heterocycles. The van der Waals surface area contributed by atoms with Gasteiger partial charge >= 0.3 is 5.97 Å². The molecule has 4 heteroatoms. The monoisotopic (exact) mass is 222 g/mol. The molecule has 0 bridgehead atoms. The van der Waals surface area contributed by atoms with Gasteiger partial charge in [-0.2, -0.15) is 0 Å². The largest absolute Gasteiger partial charge is 0.478 e. The Morgan fingerprint density at radius 3 is 2.44 bits per heavy atom. The summed E-state index contributed by atoms with van der Waals surface area (Å²) < 4.78 is 10.8. The van der Waals surface area contributed by atoms with E-state index in [0.717, 1.165) is 25.2 Å². The molecule has 0 aromatic heterocycles. The zero-order valence-corrected chi connectivity index (χ0v) is 8.89. The van der Waals surface area contributed by atoms with Gasteiger partial charge < -0.3 is 14.6 Å². The Morgan fingerprint density at radius 1 is 1.25 bits per heavy atom. The summed E-state index contributed by atoms with van der Waals surface area (Å²) >= 11 is 0. The van der Waals surface area contributed by atoms with Crippen molar-refractivity contribution >= 4 is 5.97 Å². The maximum absolute atomic E-state index is 10.7. The fraction of sp³-hybridized carbons (Fsp3) is 0.417. The fourth-order valence-corrected chi connectivity index (χ4v) is 1.63. The van der Waals surface area contributed by atoms with Gasteiger partial charge in [-0.3, -0.25) is 0 Å². The van der Waals surface area contributed by atoms with Crippen LogP contribution in [-0.4, -0.2) is 30.6 Å². The molecule has 1 fully saturated rings. The molecule has 1 aromatic carbocycles. The Labute approximate surface area is 93.8 Å². The number of aromatic carboxylic acids is 1. The maximum atomic E-state index is 10.7. The molecule has 2 rings (SSSR count). The molecular formula is C12H14O4. The van der Waals surface area contributed by atoms with Gasteiger partial charge in [0.05, 0.1) is 18.8 Å². The third-order valence-electron chi connectivity index (χ3n) is 2.50. The molecule has 86 valence electrons. The van der Waals surface area contributed by atoms with Crippen LogP contribution >= 0.6 is 0 Å². The predicted octanol–water partition coefficient (Wildman–Crippen LogP) is 1.69. The lowest BCUT2D eigenvalue weighted by atomic mass is 10.1. The molecule has 4 nitrogen and oxygen atoms in total. The van der Waals surface area contributed by atoms with E-state index < -0.39 is 5.97 Å². The highest BCUT2D eigenvalue weighted by Gasteiger charge is 2.14. The molecule has 0 unspecified atom stereocenters. The molecular weight excluding hydrogens is 208 g/mol. The zero-order valence-electron chi connectivity index (χ0n) is 8.89. The van der Waals surface area contributed by atoms with Crippen LogP contribution in [0, 0.1) is 0 Å². The number of hydrogen-bond donors (Lipinski definition) is 1. The second kappa shape index (κ2) is 5.09. The van der Waals surface area contributed by atoms with Gasteiger partial charge in [-0.25, -0.2) is 4.79 Å². The lowest BCUT2D eigenvalue weighted by molar-refractivity contribution is -0.176. The molecule has 0 saturated carbocycles. The van der Waals surface area contributed by atoms with Crippen LogP contribution in [0.15, 0.2) is 24.3 Å². The number of hydrogen-bond acceptors (Lipinski definition) is 3. The highest BCUT2D eigenvalue weighted by Crippen LogP contribution is 2.12. The zero-order chi connectivity index (χ0) is 11.4. The fourth-order valence-electron chi connectivity index (χ4n) is 1.63. The number of benzene rings is 1. The summed E-state index contributed by atoms with van der Waals surface area (Å²) in [7, 11) is 0. The first kappa shape index (κ1) is 11.1. The SMILES string of the molecule is O=C(O)c1ccc(CC2OCCCO2)cc1. The third-order valence-corrected chi connectivity index (χ3v) is 2.50. The molecule has 0 amide bonds. The van der Waals surface area contributed by atoms with Crippen LogP contribution in [0.5, 0.6) is 0 Å². The molecule has 0 aliphatic carbocycles. The molecule has 0 radical (unpaired) electrons. The van der Waals surface area contributed by atoms with Gasteiger partial charge in [-0.15, -0.1) is 0 Å².